The zero-order valence-electron chi connectivity index (χ0n) is 9.40. The zero-order chi connectivity index (χ0) is 11.2. The molecule has 2 aliphatic rings. The molecule has 6 heteroatoms. The predicted octanol–water partition coefficient (Wildman–Crippen LogP) is 2.99. The summed E-state index contributed by atoms with van der Waals surface area (Å²) in [6.45, 7) is -0.971. The molecule has 0 aromatic heterocycles. The lowest BCUT2D eigenvalue weighted by Gasteiger charge is -2.13. The number of hydrogen-bond donors (Lipinski definition) is 0. The molecule has 0 N–H and O–H groups in total. The number of halogens is 1. The molecule has 0 bridgehead atoms. The molecule has 16 heavy (non-hydrogen) atoms. The molecule has 4 nitrogen and oxygen atoms in total. The molecule has 92 valence electrons. The highest BCUT2D eigenvalue weighted by molar-refractivity contribution is 6.99. The molecule has 0 saturated heterocycles. The maximum Gasteiger partial charge on any atom is 0.628 e. The molecule has 0 aromatic rings. The van der Waals surface area contributed by atoms with Gasteiger partial charge in [0.2, 0.25) is 0 Å². The molecule has 0 aliphatic heterocycles. The number of hydrogen-bond acceptors (Lipinski definition) is 4. The van der Waals surface area contributed by atoms with Gasteiger partial charge in [-0.2, -0.15) is 0 Å². The van der Waals surface area contributed by atoms with Crippen LogP contribution < -0.4 is 0 Å². The first-order chi connectivity index (χ1) is 7.84. The van der Waals surface area contributed by atoms with Crippen LogP contribution in [0.1, 0.15) is 51.4 Å². The van der Waals surface area contributed by atoms with Gasteiger partial charge in [-0.05, 0) is 25.7 Å². The molecule has 0 aromatic carbocycles. The van der Waals surface area contributed by atoms with E-state index in [1.165, 1.54) is 25.7 Å². The Morgan fingerprint density at radius 3 is 1.50 bits per heavy atom. The molecule has 0 radical (unpaired) electrons. The van der Waals surface area contributed by atoms with Gasteiger partial charge in [0.25, 0.3) is 0 Å². The van der Waals surface area contributed by atoms with Crippen molar-refractivity contribution in [1.82, 2.24) is 0 Å². The van der Waals surface area contributed by atoms with Gasteiger partial charge >= 0.3 is 6.53 Å². The fourth-order valence-electron chi connectivity index (χ4n) is 2.23. The Balaban J connectivity index is 1.51. The Morgan fingerprint density at radius 1 is 0.750 bits per heavy atom. The Morgan fingerprint density at radius 2 is 1.12 bits per heavy atom. The van der Waals surface area contributed by atoms with E-state index in [1.807, 2.05) is 0 Å². The third kappa shape index (κ3) is 4.22. The van der Waals surface area contributed by atoms with Gasteiger partial charge in [-0.25, -0.2) is 19.4 Å². The normalized spacial score (nSPS) is 23.1. The maximum absolute atomic E-state index is 5.74. The largest absolute Gasteiger partial charge is 0.628 e. The maximum atomic E-state index is 5.74. The van der Waals surface area contributed by atoms with E-state index in [4.69, 9.17) is 30.8 Å². The van der Waals surface area contributed by atoms with Crippen molar-refractivity contribution in [3.63, 3.8) is 0 Å². The standard InChI is InChI=1S/C10H18BClO4/c12-11(15-13-9-5-1-2-6-9)16-14-10-7-3-4-8-10/h9-10H,1-8H2. The van der Waals surface area contributed by atoms with E-state index < -0.39 is 6.53 Å². The molecule has 2 aliphatic carbocycles. The van der Waals surface area contributed by atoms with Gasteiger partial charge in [-0.15, -0.1) is 11.5 Å². The first-order valence-corrected chi connectivity index (χ1v) is 6.56. The van der Waals surface area contributed by atoms with Gasteiger partial charge < -0.3 is 0 Å². The topological polar surface area (TPSA) is 36.9 Å². The summed E-state index contributed by atoms with van der Waals surface area (Å²) < 4.78 is 0. The lowest BCUT2D eigenvalue weighted by atomic mass is 10.3. The molecule has 2 saturated carbocycles. The molecular weight excluding hydrogens is 230 g/mol. The molecule has 0 unspecified atom stereocenters. The monoisotopic (exact) mass is 248 g/mol. The Labute approximate surface area is 101 Å². The molecule has 0 amide bonds. The quantitative estimate of drug-likeness (QED) is 0.411. The summed E-state index contributed by atoms with van der Waals surface area (Å²) in [6, 6.07) is 0. The van der Waals surface area contributed by atoms with Crippen molar-refractivity contribution in [2.45, 2.75) is 63.6 Å². The van der Waals surface area contributed by atoms with Crippen LogP contribution in [0.5, 0.6) is 0 Å². The van der Waals surface area contributed by atoms with E-state index in [1.54, 1.807) is 0 Å². The van der Waals surface area contributed by atoms with Crippen LogP contribution in [0.15, 0.2) is 0 Å². The van der Waals surface area contributed by atoms with Crippen molar-refractivity contribution in [3.8, 4) is 0 Å². The second kappa shape index (κ2) is 6.82. The van der Waals surface area contributed by atoms with Crippen molar-refractivity contribution in [1.29, 1.82) is 0 Å². The van der Waals surface area contributed by atoms with E-state index in [0.29, 0.717) is 0 Å². The second-order valence-electron chi connectivity index (χ2n) is 4.47. The highest BCUT2D eigenvalue weighted by Gasteiger charge is 2.25. The Kier molecular flexibility index (Phi) is 5.39. The summed E-state index contributed by atoms with van der Waals surface area (Å²) in [5.41, 5.74) is 0. The van der Waals surface area contributed by atoms with Crippen molar-refractivity contribution in [2.75, 3.05) is 0 Å². The molecule has 2 fully saturated rings. The van der Waals surface area contributed by atoms with Crippen LogP contribution in [0.2, 0.25) is 0 Å². The summed E-state index contributed by atoms with van der Waals surface area (Å²) in [5.74, 6) is 0. The van der Waals surface area contributed by atoms with Crippen LogP contribution in [-0.4, -0.2) is 18.7 Å². The minimum absolute atomic E-state index is 0.163. The third-order valence-electron chi connectivity index (χ3n) is 3.14. The van der Waals surface area contributed by atoms with Crippen LogP contribution in [0, 0.1) is 0 Å². The van der Waals surface area contributed by atoms with Crippen LogP contribution in [0.4, 0.5) is 0 Å². The predicted molar refractivity (Wildman–Crippen MR) is 60.5 cm³/mol. The second-order valence-corrected chi connectivity index (χ2v) is 4.83. The van der Waals surface area contributed by atoms with Gasteiger partial charge in [0.1, 0.15) is 0 Å². The van der Waals surface area contributed by atoms with Crippen molar-refractivity contribution in [3.05, 3.63) is 0 Å². The first kappa shape index (κ1) is 12.6. The summed E-state index contributed by atoms with van der Waals surface area (Å²) in [6.07, 6.45) is 9.25. The van der Waals surface area contributed by atoms with Crippen LogP contribution in [-0.2, 0) is 19.4 Å². The van der Waals surface area contributed by atoms with Crippen LogP contribution in [0.25, 0.3) is 0 Å². The smallest absolute Gasteiger partial charge is 0.245 e. The van der Waals surface area contributed by atoms with Crippen LogP contribution >= 0.6 is 11.5 Å². The summed E-state index contributed by atoms with van der Waals surface area (Å²) in [7, 11) is 0. The minimum Gasteiger partial charge on any atom is -0.245 e. The number of rotatable bonds is 6. The first-order valence-electron chi connectivity index (χ1n) is 6.13. The molecule has 2 rings (SSSR count). The average molecular weight is 249 g/mol. The van der Waals surface area contributed by atoms with E-state index in [0.717, 1.165) is 25.7 Å². The Bertz CT molecular complexity index is 175. The lowest BCUT2D eigenvalue weighted by Crippen LogP contribution is -2.22. The summed E-state index contributed by atoms with van der Waals surface area (Å²) in [4.78, 5) is 20.1. The van der Waals surface area contributed by atoms with E-state index in [-0.39, 0.29) is 12.2 Å². The van der Waals surface area contributed by atoms with E-state index in [2.05, 4.69) is 0 Å². The summed E-state index contributed by atoms with van der Waals surface area (Å²) >= 11 is 5.74. The molecular formula is C10H18BClO4. The minimum atomic E-state index is -0.971. The van der Waals surface area contributed by atoms with Gasteiger partial charge in [0, 0.05) is 0 Å². The highest BCUT2D eigenvalue weighted by atomic mass is 35.5. The molecule has 0 heterocycles. The lowest BCUT2D eigenvalue weighted by molar-refractivity contribution is -0.307. The SMILES string of the molecule is ClB(OOC1CCCC1)OOC1CCCC1. The highest BCUT2D eigenvalue weighted by Crippen LogP contribution is 2.23. The van der Waals surface area contributed by atoms with Crippen molar-refractivity contribution < 1.29 is 19.4 Å². The van der Waals surface area contributed by atoms with Gasteiger partial charge in [-0.3, -0.25) is 0 Å². The average Bonchev–Trinajstić information content (AvgIpc) is 2.96. The van der Waals surface area contributed by atoms with Gasteiger partial charge in [0.15, 0.2) is 0 Å². The van der Waals surface area contributed by atoms with Crippen molar-refractivity contribution >= 4 is 18.0 Å². The fraction of sp³-hybridized carbons (Fsp3) is 1.00. The van der Waals surface area contributed by atoms with Crippen LogP contribution in [0.3, 0.4) is 0 Å². The summed E-state index contributed by atoms with van der Waals surface area (Å²) in [5, 5.41) is 0. The molecule has 0 spiro atoms. The zero-order valence-corrected chi connectivity index (χ0v) is 10.2. The van der Waals surface area contributed by atoms with E-state index in [9.17, 15) is 0 Å². The molecule has 0 atom stereocenters. The fourth-order valence-corrected chi connectivity index (χ4v) is 2.31. The van der Waals surface area contributed by atoms with Gasteiger partial charge in [-0.1, -0.05) is 25.7 Å². The third-order valence-corrected chi connectivity index (χ3v) is 3.28. The van der Waals surface area contributed by atoms with Crippen molar-refractivity contribution in [2.24, 2.45) is 0 Å². The van der Waals surface area contributed by atoms with E-state index >= 15 is 0 Å². The van der Waals surface area contributed by atoms with Gasteiger partial charge in [0.05, 0.1) is 12.2 Å². The Hall–Kier alpha value is 0.195.